The first-order chi connectivity index (χ1) is 14.5. The Morgan fingerprint density at radius 2 is 2.07 bits per heavy atom. The van der Waals surface area contributed by atoms with Gasteiger partial charge in [-0.05, 0) is 51.0 Å². The van der Waals surface area contributed by atoms with Gasteiger partial charge in [0.1, 0.15) is 23.1 Å². The van der Waals surface area contributed by atoms with E-state index in [-0.39, 0.29) is 11.6 Å². The smallest absolute Gasteiger partial charge is 0.263 e. The number of methoxy groups -OCH3 is 1. The summed E-state index contributed by atoms with van der Waals surface area (Å²) in [6.45, 7) is 6.91. The van der Waals surface area contributed by atoms with Gasteiger partial charge >= 0.3 is 0 Å². The zero-order valence-electron chi connectivity index (χ0n) is 18.0. The fourth-order valence-electron chi connectivity index (χ4n) is 3.01. The third-order valence-corrected chi connectivity index (χ3v) is 4.58. The van der Waals surface area contributed by atoms with E-state index in [1.165, 1.54) is 6.20 Å². The van der Waals surface area contributed by atoms with Crippen molar-refractivity contribution in [3.8, 4) is 17.6 Å². The van der Waals surface area contributed by atoms with Crippen LogP contribution in [0.15, 0.2) is 54.2 Å². The van der Waals surface area contributed by atoms with Crippen molar-refractivity contribution in [3.05, 3.63) is 70.9 Å². The van der Waals surface area contributed by atoms with Crippen LogP contribution in [0.1, 0.15) is 36.6 Å². The van der Waals surface area contributed by atoms with Crippen LogP contribution in [0, 0.1) is 18.3 Å². The van der Waals surface area contributed by atoms with Crippen LogP contribution in [0.4, 0.5) is 0 Å². The molecule has 6 nitrogen and oxygen atoms in total. The Kier molecular flexibility index (Phi) is 8.76. The van der Waals surface area contributed by atoms with E-state index in [0.717, 1.165) is 34.6 Å². The lowest BCUT2D eigenvalue weighted by Gasteiger charge is -2.18. The number of hydrogen-bond donors (Lipinski definition) is 2. The number of amides is 1. The molecule has 30 heavy (non-hydrogen) atoms. The minimum absolute atomic E-state index is 0.0260. The number of hydrogen-bond acceptors (Lipinski definition) is 5. The second-order valence-electron chi connectivity index (χ2n) is 6.89. The van der Waals surface area contributed by atoms with Gasteiger partial charge in [0, 0.05) is 18.3 Å². The molecule has 0 spiro atoms. The van der Waals surface area contributed by atoms with Gasteiger partial charge in [-0.25, -0.2) is 0 Å². The van der Waals surface area contributed by atoms with Gasteiger partial charge in [0.25, 0.3) is 5.91 Å². The molecule has 2 aromatic carbocycles. The number of ether oxygens (including phenoxy) is 2. The Labute approximate surface area is 178 Å². The predicted octanol–water partition coefficient (Wildman–Crippen LogP) is 3.82. The summed E-state index contributed by atoms with van der Waals surface area (Å²) in [5.41, 5.74) is 3.09. The molecule has 0 heterocycles. The number of rotatable bonds is 10. The average Bonchev–Trinajstić information content (AvgIpc) is 2.75. The second-order valence-corrected chi connectivity index (χ2v) is 6.89. The van der Waals surface area contributed by atoms with Crippen LogP contribution >= 0.6 is 0 Å². The summed E-state index contributed by atoms with van der Waals surface area (Å²) in [4.78, 5) is 12.6. The van der Waals surface area contributed by atoms with E-state index in [4.69, 9.17) is 9.47 Å². The van der Waals surface area contributed by atoms with Gasteiger partial charge in [0.2, 0.25) is 0 Å². The van der Waals surface area contributed by atoms with Crippen molar-refractivity contribution in [2.75, 3.05) is 20.3 Å². The summed E-state index contributed by atoms with van der Waals surface area (Å²) in [5, 5.41) is 15.3. The molecule has 0 aliphatic heterocycles. The number of carbonyl (C=O) groups is 1. The molecule has 0 saturated heterocycles. The Bertz CT molecular complexity index is 932. The number of carbonyl (C=O) groups excluding carboxylic acids is 1. The van der Waals surface area contributed by atoms with Crippen molar-refractivity contribution in [2.45, 2.75) is 33.2 Å². The van der Waals surface area contributed by atoms with Crippen molar-refractivity contribution in [3.63, 3.8) is 0 Å². The standard InChI is InChI=1S/C24H29N3O3/c1-5-30-23-10-9-17(2)13-22(23)18(3)27-24(28)20(15-25)16-26-12-11-19-7-6-8-21(14-19)29-4/h6-10,13-14,16,18,26H,5,11-12H2,1-4H3,(H,27,28)/b20-16-. The van der Waals surface area contributed by atoms with Crippen molar-refractivity contribution in [2.24, 2.45) is 0 Å². The molecule has 0 aromatic heterocycles. The van der Waals surface area contributed by atoms with Crippen LogP contribution in [0.25, 0.3) is 0 Å². The van der Waals surface area contributed by atoms with Crippen molar-refractivity contribution in [1.29, 1.82) is 5.26 Å². The fraction of sp³-hybridized carbons (Fsp3) is 0.333. The third-order valence-electron chi connectivity index (χ3n) is 4.58. The van der Waals surface area contributed by atoms with Gasteiger partial charge < -0.3 is 20.1 Å². The molecule has 158 valence electrons. The van der Waals surface area contributed by atoms with Crippen LogP contribution in [-0.4, -0.2) is 26.2 Å². The normalized spacial score (nSPS) is 11.9. The lowest BCUT2D eigenvalue weighted by molar-refractivity contribution is -0.117. The van der Waals surface area contributed by atoms with Crippen molar-refractivity contribution < 1.29 is 14.3 Å². The van der Waals surface area contributed by atoms with E-state index in [1.807, 2.05) is 69.3 Å². The molecule has 2 N–H and O–H groups in total. The van der Waals surface area contributed by atoms with Crippen LogP contribution in [-0.2, 0) is 11.2 Å². The molecule has 0 saturated carbocycles. The molecule has 2 aromatic rings. The molecule has 1 unspecified atom stereocenters. The molecular weight excluding hydrogens is 378 g/mol. The van der Waals surface area contributed by atoms with E-state index >= 15 is 0 Å². The topological polar surface area (TPSA) is 83.4 Å². The highest BCUT2D eigenvalue weighted by Crippen LogP contribution is 2.26. The molecule has 1 amide bonds. The van der Waals surface area contributed by atoms with Crippen molar-refractivity contribution in [1.82, 2.24) is 10.6 Å². The van der Waals surface area contributed by atoms with E-state index in [0.29, 0.717) is 13.2 Å². The molecule has 0 bridgehead atoms. The zero-order valence-corrected chi connectivity index (χ0v) is 18.0. The molecule has 0 aliphatic rings. The Balaban J connectivity index is 1.97. The second kappa shape index (κ2) is 11.5. The minimum atomic E-state index is -0.428. The largest absolute Gasteiger partial charge is 0.497 e. The average molecular weight is 408 g/mol. The molecular formula is C24H29N3O3. The Hall–Kier alpha value is -3.46. The number of nitrogens with zero attached hydrogens (tertiary/aromatic N) is 1. The summed E-state index contributed by atoms with van der Waals surface area (Å²) in [6.07, 6.45) is 2.20. The van der Waals surface area contributed by atoms with Crippen LogP contribution in [0.5, 0.6) is 11.5 Å². The highest BCUT2D eigenvalue weighted by Gasteiger charge is 2.17. The van der Waals surface area contributed by atoms with Gasteiger partial charge in [-0.3, -0.25) is 4.79 Å². The zero-order chi connectivity index (χ0) is 21.9. The van der Waals surface area contributed by atoms with Crippen LogP contribution in [0.2, 0.25) is 0 Å². The van der Waals surface area contributed by atoms with E-state index in [2.05, 4.69) is 10.6 Å². The van der Waals surface area contributed by atoms with Gasteiger partial charge in [-0.1, -0.05) is 29.8 Å². The first-order valence-corrected chi connectivity index (χ1v) is 9.99. The first kappa shape index (κ1) is 22.8. The number of nitriles is 1. The molecule has 0 radical (unpaired) electrons. The maximum Gasteiger partial charge on any atom is 0.263 e. The Morgan fingerprint density at radius 3 is 2.77 bits per heavy atom. The van der Waals surface area contributed by atoms with E-state index < -0.39 is 5.91 Å². The number of benzene rings is 2. The Morgan fingerprint density at radius 1 is 1.27 bits per heavy atom. The SMILES string of the molecule is CCOc1ccc(C)cc1C(C)NC(=O)/C(C#N)=C\NCCc1cccc(OC)c1. The third kappa shape index (κ3) is 6.56. The summed E-state index contributed by atoms with van der Waals surface area (Å²) in [6, 6.07) is 15.3. The monoisotopic (exact) mass is 407 g/mol. The molecule has 0 aliphatic carbocycles. The minimum Gasteiger partial charge on any atom is -0.497 e. The number of aryl methyl sites for hydroxylation is 1. The maximum atomic E-state index is 12.6. The van der Waals surface area contributed by atoms with Gasteiger partial charge in [-0.2, -0.15) is 5.26 Å². The summed E-state index contributed by atoms with van der Waals surface area (Å²) < 4.78 is 10.9. The predicted molar refractivity (Wildman–Crippen MR) is 117 cm³/mol. The van der Waals surface area contributed by atoms with Gasteiger partial charge in [0.15, 0.2) is 0 Å². The molecule has 2 rings (SSSR count). The quantitative estimate of drug-likeness (QED) is 0.355. The molecule has 0 fully saturated rings. The van der Waals surface area contributed by atoms with Crippen LogP contribution < -0.4 is 20.1 Å². The lowest BCUT2D eigenvalue weighted by atomic mass is 10.0. The first-order valence-electron chi connectivity index (χ1n) is 9.99. The summed E-state index contributed by atoms with van der Waals surface area (Å²) >= 11 is 0. The van der Waals surface area contributed by atoms with E-state index in [9.17, 15) is 10.1 Å². The molecule has 6 heteroatoms. The van der Waals surface area contributed by atoms with Gasteiger partial charge in [-0.15, -0.1) is 0 Å². The number of nitrogens with one attached hydrogen (secondary N) is 2. The summed E-state index contributed by atoms with van der Waals surface area (Å²) in [7, 11) is 1.63. The maximum absolute atomic E-state index is 12.6. The van der Waals surface area contributed by atoms with Crippen LogP contribution in [0.3, 0.4) is 0 Å². The van der Waals surface area contributed by atoms with Gasteiger partial charge in [0.05, 0.1) is 19.8 Å². The lowest BCUT2D eigenvalue weighted by Crippen LogP contribution is -2.29. The van der Waals surface area contributed by atoms with E-state index in [1.54, 1.807) is 7.11 Å². The highest BCUT2D eigenvalue weighted by atomic mass is 16.5. The fourth-order valence-corrected chi connectivity index (χ4v) is 3.01. The molecule has 1 atom stereocenters. The highest BCUT2D eigenvalue weighted by molar-refractivity contribution is 5.97. The van der Waals surface area contributed by atoms with Crippen molar-refractivity contribution >= 4 is 5.91 Å². The summed E-state index contributed by atoms with van der Waals surface area (Å²) in [5.74, 6) is 1.11.